The van der Waals surface area contributed by atoms with Gasteiger partial charge in [0.15, 0.2) is 0 Å². The molecule has 2 aliphatic rings. The van der Waals surface area contributed by atoms with E-state index in [1.54, 1.807) is 0 Å². The van der Waals surface area contributed by atoms with Gasteiger partial charge in [-0.05, 0) is 31.5 Å². The first-order chi connectivity index (χ1) is 11.6. The summed E-state index contributed by atoms with van der Waals surface area (Å²) in [5.41, 5.74) is 3.16. The molecule has 0 aromatic heterocycles. The average Bonchev–Trinajstić information content (AvgIpc) is 3.16. The molecule has 1 spiro atoms. The molecule has 2 aliphatic heterocycles. The first kappa shape index (κ1) is 14.6. The number of carbonyl (C=O) groups excluding carboxylic acids is 1. The van der Waals surface area contributed by atoms with E-state index in [1.165, 1.54) is 10.6 Å². The number of benzene rings is 2. The molecule has 1 unspecified atom stereocenters. The van der Waals surface area contributed by atoms with Gasteiger partial charge in [0.2, 0.25) is 0 Å². The van der Waals surface area contributed by atoms with Gasteiger partial charge >= 0.3 is 5.91 Å². The summed E-state index contributed by atoms with van der Waals surface area (Å²) < 4.78 is 0. The Labute approximate surface area is 140 Å². The number of para-hydroxylation sites is 1. The summed E-state index contributed by atoms with van der Waals surface area (Å²) >= 11 is 0. The first-order valence-corrected chi connectivity index (χ1v) is 7.87. The zero-order chi connectivity index (χ0) is 16.7. The van der Waals surface area contributed by atoms with Crippen LogP contribution in [-0.4, -0.2) is 22.9 Å². The van der Waals surface area contributed by atoms with Crippen molar-refractivity contribution in [1.82, 2.24) is 0 Å². The van der Waals surface area contributed by atoms with Gasteiger partial charge in [0.1, 0.15) is 0 Å². The van der Waals surface area contributed by atoms with Gasteiger partial charge in [-0.3, -0.25) is 4.79 Å². The molecule has 5 nitrogen and oxygen atoms in total. The molecule has 5 heteroatoms. The average molecular weight is 319 g/mol. The standard InChI is InChI=1S/C19H17N3O2/c1-13-8-10-15(11-9-13)17-12-19(24-21-17)14(2)20-22(18(19)23)16-6-4-3-5-7-16/h3-11H,12H2,1-2H3. The van der Waals surface area contributed by atoms with Crippen molar-refractivity contribution in [1.29, 1.82) is 0 Å². The third-order valence-corrected chi connectivity index (χ3v) is 4.49. The highest BCUT2D eigenvalue weighted by atomic mass is 16.7. The second kappa shape index (κ2) is 5.30. The van der Waals surface area contributed by atoms with Gasteiger partial charge in [0.05, 0.1) is 23.5 Å². The summed E-state index contributed by atoms with van der Waals surface area (Å²) in [6, 6.07) is 17.4. The van der Waals surface area contributed by atoms with Crippen molar-refractivity contribution in [3.8, 4) is 0 Å². The van der Waals surface area contributed by atoms with Crippen LogP contribution in [0.4, 0.5) is 5.69 Å². The van der Waals surface area contributed by atoms with E-state index >= 15 is 0 Å². The maximum atomic E-state index is 13.0. The summed E-state index contributed by atoms with van der Waals surface area (Å²) in [5, 5.41) is 10.0. The highest BCUT2D eigenvalue weighted by molar-refractivity contribution is 6.25. The van der Waals surface area contributed by atoms with Gasteiger partial charge in [-0.1, -0.05) is 53.2 Å². The van der Waals surface area contributed by atoms with Crippen LogP contribution in [0.2, 0.25) is 0 Å². The van der Waals surface area contributed by atoms with Crippen LogP contribution in [0, 0.1) is 6.92 Å². The smallest absolute Gasteiger partial charge is 0.300 e. The fourth-order valence-corrected chi connectivity index (χ4v) is 2.99. The van der Waals surface area contributed by atoms with Crippen molar-refractivity contribution < 1.29 is 9.63 Å². The van der Waals surface area contributed by atoms with E-state index in [1.807, 2.05) is 68.4 Å². The molecule has 0 radical (unpaired) electrons. The number of nitrogens with zero attached hydrogens (tertiary/aromatic N) is 3. The Bertz CT molecular complexity index is 856. The van der Waals surface area contributed by atoms with E-state index in [2.05, 4.69) is 10.3 Å². The Morgan fingerprint density at radius 1 is 1.04 bits per heavy atom. The van der Waals surface area contributed by atoms with Gasteiger partial charge in [-0.15, -0.1) is 0 Å². The summed E-state index contributed by atoms with van der Waals surface area (Å²) in [4.78, 5) is 18.6. The second-order valence-corrected chi connectivity index (χ2v) is 6.14. The largest absolute Gasteiger partial charge is 0.372 e. The summed E-state index contributed by atoms with van der Waals surface area (Å²) in [7, 11) is 0. The van der Waals surface area contributed by atoms with Crippen LogP contribution in [-0.2, 0) is 9.63 Å². The Hall–Kier alpha value is -2.95. The molecular weight excluding hydrogens is 302 g/mol. The van der Waals surface area contributed by atoms with E-state index in [4.69, 9.17) is 4.84 Å². The second-order valence-electron chi connectivity index (χ2n) is 6.14. The number of amides is 1. The quantitative estimate of drug-likeness (QED) is 0.853. The normalized spacial score (nSPS) is 22.6. The van der Waals surface area contributed by atoms with E-state index in [0.29, 0.717) is 12.1 Å². The van der Waals surface area contributed by atoms with Crippen LogP contribution in [0.25, 0.3) is 0 Å². The SMILES string of the molecule is CC1=NN(c2ccccc2)C(=O)C12CC(c1ccc(C)cc1)=NO2. The number of aryl methyl sites for hydroxylation is 1. The lowest BCUT2D eigenvalue weighted by atomic mass is 9.90. The van der Waals surface area contributed by atoms with Crippen LogP contribution in [0.3, 0.4) is 0 Å². The molecule has 0 N–H and O–H groups in total. The monoisotopic (exact) mass is 319 g/mol. The predicted molar refractivity (Wildman–Crippen MR) is 93.2 cm³/mol. The third-order valence-electron chi connectivity index (χ3n) is 4.49. The molecule has 1 atom stereocenters. The van der Waals surface area contributed by atoms with Crippen molar-refractivity contribution in [2.24, 2.45) is 10.3 Å². The number of anilines is 1. The maximum absolute atomic E-state index is 13.0. The molecule has 4 rings (SSSR count). The minimum Gasteiger partial charge on any atom is -0.372 e. The van der Waals surface area contributed by atoms with Crippen molar-refractivity contribution in [2.75, 3.05) is 5.01 Å². The van der Waals surface area contributed by atoms with Crippen LogP contribution >= 0.6 is 0 Å². The van der Waals surface area contributed by atoms with Crippen LogP contribution in [0.1, 0.15) is 24.5 Å². The van der Waals surface area contributed by atoms with Gasteiger partial charge in [-0.25, -0.2) is 0 Å². The fraction of sp³-hybridized carbons (Fsp3) is 0.211. The zero-order valence-electron chi connectivity index (χ0n) is 13.6. The van der Waals surface area contributed by atoms with Gasteiger partial charge in [0, 0.05) is 0 Å². The van der Waals surface area contributed by atoms with Gasteiger partial charge in [0.25, 0.3) is 5.60 Å². The lowest BCUT2D eigenvalue weighted by molar-refractivity contribution is -0.132. The zero-order valence-corrected chi connectivity index (χ0v) is 13.6. The molecule has 1 amide bonds. The molecular formula is C19H17N3O2. The topological polar surface area (TPSA) is 54.3 Å². The van der Waals surface area contributed by atoms with Crippen molar-refractivity contribution in [3.63, 3.8) is 0 Å². The predicted octanol–water partition coefficient (Wildman–Crippen LogP) is 3.28. The van der Waals surface area contributed by atoms with E-state index in [-0.39, 0.29) is 5.91 Å². The van der Waals surface area contributed by atoms with Crippen LogP contribution < -0.4 is 5.01 Å². The van der Waals surface area contributed by atoms with Crippen LogP contribution in [0.5, 0.6) is 0 Å². The number of hydrogen-bond donors (Lipinski definition) is 0. The summed E-state index contributed by atoms with van der Waals surface area (Å²) in [5.74, 6) is -0.197. The Morgan fingerprint density at radius 2 is 1.75 bits per heavy atom. The summed E-state index contributed by atoms with van der Waals surface area (Å²) in [6.07, 6.45) is 0.396. The van der Waals surface area contributed by atoms with Crippen molar-refractivity contribution in [3.05, 3.63) is 65.7 Å². The van der Waals surface area contributed by atoms with Crippen LogP contribution in [0.15, 0.2) is 64.9 Å². The van der Waals surface area contributed by atoms with E-state index in [9.17, 15) is 4.79 Å². The molecule has 0 saturated heterocycles. The fourth-order valence-electron chi connectivity index (χ4n) is 2.99. The number of carbonyl (C=O) groups is 1. The number of oxime groups is 1. The molecule has 2 aromatic carbocycles. The molecule has 24 heavy (non-hydrogen) atoms. The maximum Gasteiger partial charge on any atom is 0.300 e. The lowest BCUT2D eigenvalue weighted by Gasteiger charge is -2.20. The Balaban J connectivity index is 1.63. The Morgan fingerprint density at radius 3 is 2.46 bits per heavy atom. The molecule has 120 valence electrons. The minimum atomic E-state index is -1.12. The minimum absolute atomic E-state index is 0.197. The Kier molecular flexibility index (Phi) is 3.23. The van der Waals surface area contributed by atoms with E-state index in [0.717, 1.165) is 17.0 Å². The van der Waals surface area contributed by atoms with Gasteiger partial charge in [-0.2, -0.15) is 10.1 Å². The molecule has 0 saturated carbocycles. The molecule has 0 fully saturated rings. The molecule has 2 heterocycles. The van der Waals surface area contributed by atoms with Crippen molar-refractivity contribution in [2.45, 2.75) is 25.9 Å². The lowest BCUT2D eigenvalue weighted by Crippen LogP contribution is -2.46. The van der Waals surface area contributed by atoms with Crippen molar-refractivity contribution >= 4 is 23.0 Å². The highest BCUT2D eigenvalue weighted by Crippen LogP contribution is 2.36. The van der Waals surface area contributed by atoms with Gasteiger partial charge < -0.3 is 4.84 Å². The first-order valence-electron chi connectivity index (χ1n) is 7.87. The highest BCUT2D eigenvalue weighted by Gasteiger charge is 2.56. The number of rotatable bonds is 2. The molecule has 0 bridgehead atoms. The third kappa shape index (κ3) is 2.12. The molecule has 0 aliphatic carbocycles. The molecule has 2 aromatic rings. The summed E-state index contributed by atoms with van der Waals surface area (Å²) in [6.45, 7) is 3.85. The number of hydrogen-bond acceptors (Lipinski definition) is 4. The number of hydrazone groups is 1. The van der Waals surface area contributed by atoms with E-state index < -0.39 is 5.60 Å².